The van der Waals surface area contributed by atoms with Crippen LogP contribution in [0.2, 0.25) is 0 Å². The minimum absolute atomic E-state index is 0.441. The summed E-state index contributed by atoms with van der Waals surface area (Å²) in [6.45, 7) is 10.8. The summed E-state index contributed by atoms with van der Waals surface area (Å²) < 4.78 is 0. The van der Waals surface area contributed by atoms with Crippen molar-refractivity contribution < 1.29 is 0 Å². The molecule has 0 radical (unpaired) electrons. The van der Waals surface area contributed by atoms with Crippen LogP contribution in [0.3, 0.4) is 0 Å². The molecule has 0 aliphatic heterocycles. The van der Waals surface area contributed by atoms with E-state index in [4.69, 9.17) is 16.6 Å². The molecule has 0 saturated heterocycles. The van der Waals surface area contributed by atoms with Gasteiger partial charge in [-0.3, -0.25) is 0 Å². The summed E-state index contributed by atoms with van der Waals surface area (Å²) in [7, 11) is 0. The van der Waals surface area contributed by atoms with Gasteiger partial charge in [0.1, 0.15) is 5.82 Å². The summed E-state index contributed by atoms with van der Waals surface area (Å²) >= 11 is 5.98. The fraction of sp³-hybridized carbons (Fsp3) is 0.667. The Morgan fingerprint density at radius 3 is 2.50 bits per heavy atom. The van der Waals surface area contributed by atoms with E-state index in [0.29, 0.717) is 11.8 Å². The average molecular weight is 269 g/mol. The van der Waals surface area contributed by atoms with Crippen molar-refractivity contribution in [3.05, 3.63) is 23.4 Å². The van der Waals surface area contributed by atoms with E-state index in [-0.39, 0.29) is 0 Å². The summed E-state index contributed by atoms with van der Waals surface area (Å²) in [4.78, 5) is 7.11. The Balaban J connectivity index is 3.00. The van der Waals surface area contributed by atoms with Gasteiger partial charge in [-0.25, -0.2) is 4.98 Å². The molecular formula is C15H25ClN2. The van der Waals surface area contributed by atoms with Crippen LogP contribution >= 0.6 is 11.6 Å². The lowest BCUT2D eigenvalue weighted by molar-refractivity contribution is 0.716. The minimum Gasteiger partial charge on any atom is -0.357 e. The van der Waals surface area contributed by atoms with Crippen molar-refractivity contribution in [2.45, 2.75) is 52.3 Å². The normalized spacial score (nSPS) is 11.0. The van der Waals surface area contributed by atoms with Crippen LogP contribution in [-0.2, 0) is 5.88 Å². The molecule has 18 heavy (non-hydrogen) atoms. The molecule has 0 aliphatic carbocycles. The first-order chi connectivity index (χ1) is 8.62. The van der Waals surface area contributed by atoms with E-state index in [1.165, 1.54) is 18.4 Å². The zero-order valence-corrected chi connectivity index (χ0v) is 12.8. The highest BCUT2D eigenvalue weighted by molar-refractivity contribution is 6.17. The maximum Gasteiger partial charge on any atom is 0.129 e. The van der Waals surface area contributed by atoms with Crippen LogP contribution in [-0.4, -0.2) is 18.1 Å². The van der Waals surface area contributed by atoms with E-state index in [2.05, 4.69) is 44.7 Å². The lowest BCUT2D eigenvalue weighted by Gasteiger charge is -2.23. The van der Waals surface area contributed by atoms with Gasteiger partial charge in [0.2, 0.25) is 0 Å². The summed E-state index contributed by atoms with van der Waals surface area (Å²) in [6.07, 6.45) is 2.42. The number of halogens is 1. The fourth-order valence-electron chi connectivity index (χ4n) is 1.91. The maximum atomic E-state index is 5.98. The summed E-state index contributed by atoms with van der Waals surface area (Å²) in [6, 6.07) is 4.24. The van der Waals surface area contributed by atoms with Gasteiger partial charge in [-0.05, 0) is 37.0 Å². The molecule has 1 aromatic heterocycles. The smallest absolute Gasteiger partial charge is 0.129 e. The molecule has 1 rings (SSSR count). The summed E-state index contributed by atoms with van der Waals surface area (Å²) in [5, 5.41) is 0. The molecule has 0 spiro atoms. The Morgan fingerprint density at radius 1 is 1.28 bits per heavy atom. The van der Waals surface area contributed by atoms with E-state index in [1.807, 2.05) is 0 Å². The lowest BCUT2D eigenvalue weighted by Crippen LogP contribution is -2.25. The van der Waals surface area contributed by atoms with Gasteiger partial charge in [-0.15, -0.1) is 11.6 Å². The van der Waals surface area contributed by atoms with Crippen molar-refractivity contribution in [2.75, 3.05) is 18.0 Å². The number of rotatable bonds is 7. The fourth-order valence-corrected chi connectivity index (χ4v) is 2.07. The Kier molecular flexibility index (Phi) is 6.48. The van der Waals surface area contributed by atoms with Crippen LogP contribution in [0.1, 0.15) is 57.7 Å². The third-order valence-electron chi connectivity index (χ3n) is 3.12. The Morgan fingerprint density at radius 2 is 2.00 bits per heavy atom. The first-order valence-electron chi connectivity index (χ1n) is 6.94. The second-order valence-corrected chi connectivity index (χ2v) is 5.25. The second kappa shape index (κ2) is 7.63. The Hall–Kier alpha value is -0.760. The van der Waals surface area contributed by atoms with E-state index in [9.17, 15) is 0 Å². The lowest BCUT2D eigenvalue weighted by atomic mass is 10.1. The van der Waals surface area contributed by atoms with Crippen LogP contribution in [0.4, 0.5) is 5.82 Å². The molecule has 1 heterocycles. The molecule has 0 unspecified atom stereocenters. The van der Waals surface area contributed by atoms with Crippen LogP contribution in [0.15, 0.2) is 12.1 Å². The molecule has 0 saturated carbocycles. The third kappa shape index (κ3) is 4.16. The van der Waals surface area contributed by atoms with Crippen molar-refractivity contribution in [3.8, 4) is 0 Å². The number of aromatic nitrogens is 1. The molecule has 1 aromatic rings. The van der Waals surface area contributed by atoms with Gasteiger partial charge in [0.25, 0.3) is 0 Å². The molecule has 0 fully saturated rings. The first-order valence-corrected chi connectivity index (χ1v) is 7.47. The van der Waals surface area contributed by atoms with Crippen molar-refractivity contribution in [2.24, 2.45) is 0 Å². The third-order valence-corrected chi connectivity index (χ3v) is 3.43. The average Bonchev–Trinajstić information content (AvgIpc) is 2.39. The van der Waals surface area contributed by atoms with E-state index >= 15 is 0 Å². The number of hydrogen-bond acceptors (Lipinski definition) is 2. The van der Waals surface area contributed by atoms with E-state index in [1.54, 1.807) is 0 Å². The van der Waals surface area contributed by atoms with Gasteiger partial charge >= 0.3 is 0 Å². The summed E-state index contributed by atoms with van der Waals surface area (Å²) in [5.74, 6) is 2.07. The zero-order valence-electron chi connectivity index (χ0n) is 12.0. The predicted molar refractivity (Wildman–Crippen MR) is 80.7 cm³/mol. The highest BCUT2D eigenvalue weighted by Gasteiger charge is 2.10. The van der Waals surface area contributed by atoms with Crippen molar-refractivity contribution >= 4 is 17.4 Å². The minimum atomic E-state index is 0.441. The molecule has 3 heteroatoms. The molecule has 2 nitrogen and oxygen atoms in total. The number of anilines is 1. The summed E-state index contributed by atoms with van der Waals surface area (Å²) in [5.41, 5.74) is 2.30. The molecular weight excluding hydrogens is 244 g/mol. The highest BCUT2D eigenvalue weighted by Crippen LogP contribution is 2.21. The zero-order chi connectivity index (χ0) is 13.5. The van der Waals surface area contributed by atoms with Gasteiger partial charge in [0, 0.05) is 24.7 Å². The maximum absolute atomic E-state index is 5.98. The number of nitrogens with zero attached hydrogens (tertiary/aromatic N) is 2. The van der Waals surface area contributed by atoms with E-state index < -0.39 is 0 Å². The molecule has 0 amide bonds. The van der Waals surface area contributed by atoms with Gasteiger partial charge in [0.05, 0.1) is 0 Å². The molecule has 0 aliphatic rings. The quantitative estimate of drug-likeness (QED) is 0.674. The Bertz CT molecular complexity index is 364. The molecule has 102 valence electrons. The van der Waals surface area contributed by atoms with Gasteiger partial charge in [-0.2, -0.15) is 0 Å². The number of hydrogen-bond donors (Lipinski definition) is 0. The topological polar surface area (TPSA) is 16.1 Å². The molecule has 0 aromatic carbocycles. The van der Waals surface area contributed by atoms with E-state index in [0.717, 1.165) is 24.6 Å². The molecule has 0 atom stereocenters. The van der Waals surface area contributed by atoms with Crippen LogP contribution in [0.5, 0.6) is 0 Å². The van der Waals surface area contributed by atoms with Crippen molar-refractivity contribution in [3.63, 3.8) is 0 Å². The predicted octanol–water partition coefficient (Wildman–Crippen LogP) is 4.57. The van der Waals surface area contributed by atoms with Crippen LogP contribution < -0.4 is 4.90 Å². The SMILES string of the molecule is CCCCN(CC)c1cc(CCl)cc(C(C)C)n1. The van der Waals surface area contributed by atoms with Gasteiger partial charge in [-0.1, -0.05) is 27.2 Å². The standard InChI is InChI=1S/C15H25ClN2/c1-5-7-8-18(6-2)15-10-13(11-16)9-14(17-15)12(3)4/h9-10,12H,5-8,11H2,1-4H3. The first kappa shape index (κ1) is 15.3. The van der Waals surface area contributed by atoms with Crippen LogP contribution in [0.25, 0.3) is 0 Å². The largest absolute Gasteiger partial charge is 0.357 e. The monoisotopic (exact) mass is 268 g/mol. The molecule has 0 bridgehead atoms. The van der Waals surface area contributed by atoms with Gasteiger partial charge in [0.15, 0.2) is 0 Å². The number of pyridine rings is 1. The molecule has 0 N–H and O–H groups in total. The highest BCUT2D eigenvalue weighted by atomic mass is 35.5. The van der Waals surface area contributed by atoms with Crippen LogP contribution in [0, 0.1) is 0 Å². The number of unbranched alkanes of at least 4 members (excludes halogenated alkanes) is 1. The number of alkyl halides is 1. The van der Waals surface area contributed by atoms with Gasteiger partial charge < -0.3 is 4.90 Å². The van der Waals surface area contributed by atoms with Crippen molar-refractivity contribution in [1.82, 2.24) is 4.98 Å². The Labute approximate surface area is 116 Å². The second-order valence-electron chi connectivity index (χ2n) is 4.98. The van der Waals surface area contributed by atoms with Crippen molar-refractivity contribution in [1.29, 1.82) is 0 Å².